The Morgan fingerprint density at radius 3 is 2.94 bits per heavy atom. The number of nitrogens with zero attached hydrogens (tertiary/aromatic N) is 2. The van der Waals surface area contributed by atoms with Crippen LogP contribution >= 0.6 is 0 Å². The number of fused-ring (bicyclic) bond motifs is 1. The van der Waals surface area contributed by atoms with E-state index in [1.54, 1.807) is 11.1 Å². The second-order valence-corrected chi connectivity index (χ2v) is 4.95. The Morgan fingerprint density at radius 2 is 2.25 bits per heavy atom. The SMILES string of the molecule is CC(C)(C)OC(=O)N1CC=C2C=NC=C2C1. The summed E-state index contributed by atoms with van der Waals surface area (Å²) >= 11 is 0. The number of rotatable bonds is 0. The number of carbonyl (C=O) groups excluding carboxylic acids is 1. The van der Waals surface area contributed by atoms with Crippen molar-refractivity contribution in [1.82, 2.24) is 4.90 Å². The molecule has 0 aromatic rings. The van der Waals surface area contributed by atoms with Gasteiger partial charge >= 0.3 is 6.09 Å². The van der Waals surface area contributed by atoms with Crippen LogP contribution in [0.25, 0.3) is 0 Å². The fourth-order valence-electron chi connectivity index (χ4n) is 1.63. The first-order chi connectivity index (χ1) is 7.46. The van der Waals surface area contributed by atoms with Crippen molar-refractivity contribution in [2.24, 2.45) is 4.99 Å². The molecule has 0 unspecified atom stereocenters. The predicted octanol–water partition coefficient (Wildman–Crippen LogP) is 2.13. The van der Waals surface area contributed by atoms with Crippen molar-refractivity contribution in [2.45, 2.75) is 26.4 Å². The zero-order valence-electron chi connectivity index (χ0n) is 9.86. The Balaban J connectivity index is 2.01. The molecule has 0 aliphatic carbocycles. The number of hydrogen-bond donors (Lipinski definition) is 0. The summed E-state index contributed by atoms with van der Waals surface area (Å²) in [6.45, 7) is 6.78. The van der Waals surface area contributed by atoms with Crippen LogP contribution in [0.15, 0.2) is 28.4 Å². The highest BCUT2D eigenvalue weighted by Gasteiger charge is 2.26. The summed E-state index contributed by atoms with van der Waals surface area (Å²) in [7, 11) is 0. The average molecular weight is 220 g/mol. The van der Waals surface area contributed by atoms with Crippen molar-refractivity contribution in [1.29, 1.82) is 0 Å². The number of amides is 1. The van der Waals surface area contributed by atoms with E-state index in [4.69, 9.17) is 4.74 Å². The van der Waals surface area contributed by atoms with Crippen molar-refractivity contribution in [2.75, 3.05) is 13.1 Å². The minimum atomic E-state index is -0.443. The van der Waals surface area contributed by atoms with Crippen LogP contribution < -0.4 is 0 Å². The van der Waals surface area contributed by atoms with Crippen molar-refractivity contribution < 1.29 is 9.53 Å². The predicted molar refractivity (Wildman–Crippen MR) is 62.5 cm³/mol. The van der Waals surface area contributed by atoms with Gasteiger partial charge in [0.2, 0.25) is 0 Å². The Bertz CT molecular complexity index is 400. The summed E-state index contributed by atoms with van der Waals surface area (Å²) in [5.74, 6) is 0. The molecular weight excluding hydrogens is 204 g/mol. The van der Waals surface area contributed by atoms with E-state index in [0.717, 1.165) is 11.1 Å². The molecule has 16 heavy (non-hydrogen) atoms. The molecule has 2 heterocycles. The highest BCUT2D eigenvalue weighted by molar-refractivity contribution is 5.89. The third-order valence-corrected chi connectivity index (χ3v) is 2.36. The summed E-state index contributed by atoms with van der Waals surface area (Å²) in [6, 6.07) is 0. The lowest BCUT2D eigenvalue weighted by molar-refractivity contribution is 0.0284. The van der Waals surface area contributed by atoms with Crippen LogP contribution in [0.2, 0.25) is 0 Å². The number of ether oxygens (including phenoxy) is 1. The van der Waals surface area contributed by atoms with Crippen molar-refractivity contribution in [3.8, 4) is 0 Å². The molecule has 4 heteroatoms. The van der Waals surface area contributed by atoms with Crippen molar-refractivity contribution in [3.63, 3.8) is 0 Å². The van der Waals surface area contributed by atoms with Gasteiger partial charge in [-0.15, -0.1) is 0 Å². The monoisotopic (exact) mass is 220 g/mol. The molecule has 0 aromatic heterocycles. The Hall–Kier alpha value is -1.58. The molecule has 4 nitrogen and oxygen atoms in total. The number of hydrogen-bond acceptors (Lipinski definition) is 3. The molecule has 86 valence electrons. The van der Waals surface area contributed by atoms with Gasteiger partial charge in [0.05, 0.1) is 6.54 Å². The summed E-state index contributed by atoms with van der Waals surface area (Å²) in [4.78, 5) is 17.5. The van der Waals surface area contributed by atoms with Gasteiger partial charge in [0.1, 0.15) is 5.60 Å². The van der Waals surface area contributed by atoms with Crippen LogP contribution in [-0.4, -0.2) is 35.9 Å². The summed E-state index contributed by atoms with van der Waals surface area (Å²) < 4.78 is 5.32. The zero-order valence-corrected chi connectivity index (χ0v) is 9.86. The maximum Gasteiger partial charge on any atom is 0.410 e. The van der Waals surface area contributed by atoms with E-state index in [0.29, 0.717) is 13.1 Å². The van der Waals surface area contributed by atoms with Gasteiger partial charge in [-0.25, -0.2) is 4.79 Å². The first kappa shape index (κ1) is 10.9. The highest BCUT2D eigenvalue weighted by Crippen LogP contribution is 2.21. The van der Waals surface area contributed by atoms with Gasteiger partial charge in [-0.2, -0.15) is 0 Å². The third-order valence-electron chi connectivity index (χ3n) is 2.36. The largest absolute Gasteiger partial charge is 0.444 e. The summed E-state index contributed by atoms with van der Waals surface area (Å²) in [5.41, 5.74) is 1.76. The normalized spacial score (nSPS) is 19.1. The first-order valence-corrected chi connectivity index (χ1v) is 5.36. The lowest BCUT2D eigenvalue weighted by Crippen LogP contribution is -2.39. The van der Waals surface area contributed by atoms with E-state index in [1.165, 1.54) is 0 Å². The van der Waals surface area contributed by atoms with Gasteiger partial charge in [0, 0.05) is 19.0 Å². The topological polar surface area (TPSA) is 41.9 Å². The molecular formula is C12H16N2O2. The van der Waals surface area contributed by atoms with Gasteiger partial charge in [-0.05, 0) is 31.9 Å². The van der Waals surface area contributed by atoms with Gasteiger partial charge < -0.3 is 9.64 Å². The number of aliphatic imine (C=N–C) groups is 1. The smallest absolute Gasteiger partial charge is 0.410 e. The van der Waals surface area contributed by atoms with Crippen molar-refractivity contribution >= 4 is 12.3 Å². The second-order valence-electron chi connectivity index (χ2n) is 4.95. The van der Waals surface area contributed by atoms with Gasteiger partial charge in [0.25, 0.3) is 0 Å². The molecule has 0 aromatic carbocycles. The van der Waals surface area contributed by atoms with Crippen LogP contribution in [0.4, 0.5) is 4.79 Å². The minimum absolute atomic E-state index is 0.268. The molecule has 0 saturated carbocycles. The summed E-state index contributed by atoms with van der Waals surface area (Å²) in [6.07, 6.45) is 5.34. The van der Waals surface area contributed by atoms with Gasteiger partial charge in [-0.3, -0.25) is 4.99 Å². The van der Waals surface area contributed by atoms with E-state index >= 15 is 0 Å². The highest BCUT2D eigenvalue weighted by atomic mass is 16.6. The van der Waals surface area contributed by atoms with Crippen LogP contribution in [-0.2, 0) is 4.74 Å². The Kier molecular flexibility index (Phi) is 2.58. The summed E-state index contributed by atoms with van der Waals surface area (Å²) in [5, 5.41) is 0. The molecule has 0 N–H and O–H groups in total. The van der Waals surface area contributed by atoms with Crippen LogP contribution in [0.5, 0.6) is 0 Å². The van der Waals surface area contributed by atoms with E-state index in [1.807, 2.05) is 33.1 Å². The molecule has 0 spiro atoms. The molecule has 2 rings (SSSR count). The van der Waals surface area contributed by atoms with Crippen molar-refractivity contribution in [3.05, 3.63) is 23.4 Å². The quantitative estimate of drug-likeness (QED) is 0.627. The lowest BCUT2D eigenvalue weighted by Gasteiger charge is -2.29. The molecule has 0 fully saturated rings. The molecule has 1 amide bonds. The second kappa shape index (κ2) is 3.77. The molecule has 0 radical (unpaired) electrons. The van der Waals surface area contributed by atoms with Gasteiger partial charge in [0.15, 0.2) is 0 Å². The Morgan fingerprint density at radius 1 is 1.50 bits per heavy atom. The van der Waals surface area contributed by atoms with E-state index < -0.39 is 5.60 Å². The molecule has 0 atom stereocenters. The number of carbonyl (C=O) groups is 1. The molecule has 0 saturated heterocycles. The van der Waals surface area contributed by atoms with Gasteiger partial charge in [-0.1, -0.05) is 6.08 Å². The molecule has 0 bridgehead atoms. The van der Waals surface area contributed by atoms with Crippen LogP contribution in [0.1, 0.15) is 20.8 Å². The first-order valence-electron chi connectivity index (χ1n) is 5.36. The zero-order chi connectivity index (χ0) is 11.8. The third kappa shape index (κ3) is 2.32. The van der Waals surface area contributed by atoms with E-state index in [2.05, 4.69) is 4.99 Å². The Labute approximate surface area is 95.3 Å². The molecule has 2 aliphatic rings. The van der Waals surface area contributed by atoms with Crippen LogP contribution in [0, 0.1) is 0 Å². The maximum absolute atomic E-state index is 11.8. The minimum Gasteiger partial charge on any atom is -0.444 e. The fourth-order valence-corrected chi connectivity index (χ4v) is 1.63. The van der Waals surface area contributed by atoms with Crippen LogP contribution in [0.3, 0.4) is 0 Å². The standard InChI is InChI=1S/C12H16N2O2/c1-12(2,3)16-11(15)14-5-4-9-6-13-7-10(9)8-14/h4,6-7H,5,8H2,1-3H3. The average Bonchev–Trinajstić information content (AvgIpc) is 2.61. The van der Waals surface area contributed by atoms with E-state index in [9.17, 15) is 4.79 Å². The lowest BCUT2D eigenvalue weighted by atomic mass is 10.1. The maximum atomic E-state index is 11.8. The molecule has 2 aliphatic heterocycles. The fraction of sp³-hybridized carbons (Fsp3) is 0.500. The van der Waals surface area contributed by atoms with E-state index in [-0.39, 0.29) is 6.09 Å².